The third-order valence-electron chi connectivity index (χ3n) is 5.06. The zero-order valence-corrected chi connectivity index (χ0v) is 18.9. The van der Waals surface area contributed by atoms with Gasteiger partial charge in [0.1, 0.15) is 18.2 Å². The Morgan fingerprint density at radius 3 is 2.39 bits per heavy atom. The molecule has 1 unspecified atom stereocenters. The SMILES string of the molecule is C=CCN(C(=O)CNC(=O)OC(C)(C)C)C(C(=O)NC1CCCCC1)c1ccccc1. The van der Waals surface area contributed by atoms with Gasteiger partial charge in [0, 0.05) is 12.6 Å². The average molecular weight is 430 g/mol. The summed E-state index contributed by atoms with van der Waals surface area (Å²) in [6.07, 6.45) is 6.17. The van der Waals surface area contributed by atoms with Crippen molar-refractivity contribution in [2.75, 3.05) is 13.1 Å². The fraction of sp³-hybridized carbons (Fsp3) is 0.542. The monoisotopic (exact) mass is 429 g/mol. The van der Waals surface area contributed by atoms with Gasteiger partial charge in [-0.2, -0.15) is 0 Å². The normalized spacial score (nSPS) is 15.5. The second-order valence-electron chi connectivity index (χ2n) is 8.85. The minimum absolute atomic E-state index is 0.119. The summed E-state index contributed by atoms with van der Waals surface area (Å²) in [4.78, 5) is 39.8. The van der Waals surface area contributed by atoms with Gasteiger partial charge in [0.25, 0.3) is 0 Å². The van der Waals surface area contributed by atoms with Gasteiger partial charge < -0.3 is 20.3 Å². The predicted molar refractivity (Wildman–Crippen MR) is 120 cm³/mol. The predicted octanol–water partition coefficient (Wildman–Crippen LogP) is 3.72. The van der Waals surface area contributed by atoms with E-state index in [1.54, 1.807) is 26.8 Å². The molecule has 1 atom stereocenters. The van der Waals surface area contributed by atoms with Crippen LogP contribution < -0.4 is 10.6 Å². The van der Waals surface area contributed by atoms with E-state index in [9.17, 15) is 14.4 Å². The number of amides is 3. The van der Waals surface area contributed by atoms with E-state index in [-0.39, 0.29) is 25.0 Å². The Bertz CT molecular complexity index is 752. The van der Waals surface area contributed by atoms with Crippen molar-refractivity contribution in [3.8, 4) is 0 Å². The standard InChI is InChI=1S/C24H35N3O4/c1-5-16-27(20(28)17-25-23(30)31-24(2,3)4)21(18-12-8-6-9-13-18)22(29)26-19-14-10-7-11-15-19/h5-6,8-9,12-13,19,21H,1,7,10-11,14-17H2,2-4H3,(H,25,30)(H,26,29). The molecule has 0 saturated heterocycles. The highest BCUT2D eigenvalue weighted by atomic mass is 16.6. The number of nitrogens with zero attached hydrogens (tertiary/aromatic N) is 1. The highest BCUT2D eigenvalue weighted by Crippen LogP contribution is 2.24. The number of alkyl carbamates (subject to hydrolysis) is 1. The quantitative estimate of drug-likeness (QED) is 0.617. The highest BCUT2D eigenvalue weighted by molar-refractivity contribution is 5.90. The van der Waals surface area contributed by atoms with E-state index in [1.807, 2.05) is 30.3 Å². The molecule has 1 fully saturated rings. The number of hydrogen-bond donors (Lipinski definition) is 2. The van der Waals surface area contributed by atoms with Crippen LogP contribution in [0.3, 0.4) is 0 Å². The van der Waals surface area contributed by atoms with Crippen LogP contribution >= 0.6 is 0 Å². The zero-order chi connectivity index (χ0) is 22.9. The Morgan fingerprint density at radius 1 is 1.16 bits per heavy atom. The van der Waals surface area contributed by atoms with Crippen LogP contribution in [-0.4, -0.2) is 47.5 Å². The molecule has 0 spiro atoms. The van der Waals surface area contributed by atoms with Gasteiger partial charge in [0.05, 0.1) is 0 Å². The van der Waals surface area contributed by atoms with Crippen molar-refractivity contribution in [2.24, 2.45) is 0 Å². The van der Waals surface area contributed by atoms with Crippen LogP contribution in [0.25, 0.3) is 0 Å². The van der Waals surface area contributed by atoms with Crippen LogP contribution in [0, 0.1) is 0 Å². The minimum atomic E-state index is -0.811. The second kappa shape index (κ2) is 11.5. The van der Waals surface area contributed by atoms with Gasteiger partial charge in [-0.25, -0.2) is 4.79 Å². The first-order valence-corrected chi connectivity index (χ1v) is 10.9. The van der Waals surface area contributed by atoms with Crippen molar-refractivity contribution in [1.29, 1.82) is 0 Å². The van der Waals surface area contributed by atoms with Gasteiger partial charge in [0.2, 0.25) is 11.8 Å². The first kappa shape index (κ1) is 24.4. The molecule has 7 nitrogen and oxygen atoms in total. The van der Waals surface area contributed by atoms with Gasteiger partial charge in [-0.1, -0.05) is 55.7 Å². The number of carbonyl (C=O) groups is 3. The van der Waals surface area contributed by atoms with Gasteiger partial charge in [0.15, 0.2) is 0 Å². The van der Waals surface area contributed by atoms with Crippen molar-refractivity contribution in [2.45, 2.75) is 70.6 Å². The van der Waals surface area contributed by atoms with E-state index >= 15 is 0 Å². The molecule has 1 aliphatic carbocycles. The molecule has 2 rings (SSSR count). The molecule has 31 heavy (non-hydrogen) atoms. The Balaban J connectivity index is 2.18. The highest BCUT2D eigenvalue weighted by Gasteiger charge is 2.32. The lowest BCUT2D eigenvalue weighted by molar-refractivity contribution is -0.140. The molecule has 170 valence electrons. The van der Waals surface area contributed by atoms with E-state index in [2.05, 4.69) is 17.2 Å². The molecule has 2 N–H and O–H groups in total. The van der Waals surface area contributed by atoms with Crippen LogP contribution in [0.15, 0.2) is 43.0 Å². The number of rotatable bonds is 8. The Morgan fingerprint density at radius 2 is 1.81 bits per heavy atom. The number of carbonyl (C=O) groups excluding carboxylic acids is 3. The zero-order valence-electron chi connectivity index (χ0n) is 18.9. The lowest BCUT2D eigenvalue weighted by Crippen LogP contribution is -2.49. The summed E-state index contributed by atoms with van der Waals surface area (Å²) in [6, 6.07) is 8.51. The lowest BCUT2D eigenvalue weighted by Gasteiger charge is -2.33. The molecule has 3 amide bonds. The van der Waals surface area contributed by atoms with Crippen molar-refractivity contribution in [3.63, 3.8) is 0 Å². The van der Waals surface area contributed by atoms with Crippen molar-refractivity contribution in [1.82, 2.24) is 15.5 Å². The molecule has 1 aliphatic rings. The molecule has 7 heteroatoms. The molecule has 0 bridgehead atoms. The number of hydrogen-bond acceptors (Lipinski definition) is 4. The Hall–Kier alpha value is -2.83. The van der Waals surface area contributed by atoms with Crippen LogP contribution in [0.2, 0.25) is 0 Å². The van der Waals surface area contributed by atoms with E-state index < -0.39 is 23.6 Å². The molecule has 0 aliphatic heterocycles. The molecular formula is C24H35N3O4. The van der Waals surface area contributed by atoms with Crippen LogP contribution in [0.1, 0.15) is 64.5 Å². The van der Waals surface area contributed by atoms with Crippen LogP contribution in [0.4, 0.5) is 4.79 Å². The molecule has 1 saturated carbocycles. The summed E-state index contributed by atoms with van der Waals surface area (Å²) in [7, 11) is 0. The molecule has 1 aromatic rings. The fourth-order valence-corrected chi connectivity index (χ4v) is 3.69. The number of benzene rings is 1. The van der Waals surface area contributed by atoms with Gasteiger partial charge >= 0.3 is 6.09 Å². The molecule has 0 aromatic heterocycles. The molecule has 0 radical (unpaired) electrons. The van der Waals surface area contributed by atoms with Gasteiger partial charge in [-0.05, 0) is 39.2 Å². The van der Waals surface area contributed by atoms with Crippen molar-refractivity contribution in [3.05, 3.63) is 48.6 Å². The van der Waals surface area contributed by atoms with Crippen molar-refractivity contribution < 1.29 is 19.1 Å². The maximum absolute atomic E-state index is 13.3. The largest absolute Gasteiger partial charge is 0.444 e. The first-order valence-electron chi connectivity index (χ1n) is 10.9. The fourth-order valence-electron chi connectivity index (χ4n) is 3.69. The van der Waals surface area contributed by atoms with E-state index in [1.165, 1.54) is 11.3 Å². The third-order valence-corrected chi connectivity index (χ3v) is 5.06. The first-order chi connectivity index (χ1) is 14.7. The molecule has 1 aromatic carbocycles. The van der Waals surface area contributed by atoms with Crippen LogP contribution in [-0.2, 0) is 14.3 Å². The summed E-state index contributed by atoms with van der Waals surface area (Å²) < 4.78 is 5.20. The maximum atomic E-state index is 13.3. The lowest BCUT2D eigenvalue weighted by atomic mass is 9.94. The van der Waals surface area contributed by atoms with E-state index in [0.717, 1.165) is 25.7 Å². The van der Waals surface area contributed by atoms with E-state index in [0.29, 0.717) is 5.56 Å². The Kier molecular flexibility index (Phi) is 9.09. The minimum Gasteiger partial charge on any atom is -0.444 e. The third kappa shape index (κ3) is 8.07. The smallest absolute Gasteiger partial charge is 0.408 e. The summed E-state index contributed by atoms with van der Waals surface area (Å²) in [5.74, 6) is -0.607. The summed E-state index contributed by atoms with van der Waals surface area (Å²) in [5.41, 5.74) is 0.0451. The number of ether oxygens (including phenoxy) is 1. The Labute approximate surface area is 185 Å². The van der Waals surface area contributed by atoms with Crippen molar-refractivity contribution >= 4 is 17.9 Å². The molecule has 0 heterocycles. The average Bonchev–Trinajstić information content (AvgIpc) is 2.72. The number of nitrogens with one attached hydrogen (secondary N) is 2. The topological polar surface area (TPSA) is 87.7 Å². The molecular weight excluding hydrogens is 394 g/mol. The van der Waals surface area contributed by atoms with E-state index in [4.69, 9.17) is 4.74 Å². The maximum Gasteiger partial charge on any atom is 0.408 e. The van der Waals surface area contributed by atoms with Crippen LogP contribution in [0.5, 0.6) is 0 Å². The summed E-state index contributed by atoms with van der Waals surface area (Å²) in [5, 5.41) is 5.61. The summed E-state index contributed by atoms with van der Waals surface area (Å²) in [6.45, 7) is 8.89. The second-order valence-corrected chi connectivity index (χ2v) is 8.85. The van der Waals surface area contributed by atoms with Gasteiger partial charge in [-0.3, -0.25) is 9.59 Å². The van der Waals surface area contributed by atoms with Gasteiger partial charge in [-0.15, -0.1) is 6.58 Å². The summed E-state index contributed by atoms with van der Waals surface area (Å²) >= 11 is 0.